The number of nitrogens with two attached hydrogens (primary N) is 7. The zero-order valence-electron chi connectivity index (χ0n) is 77.2. The van der Waals surface area contributed by atoms with Crippen molar-refractivity contribution in [3.05, 3.63) is 339 Å². The molecule has 32 heteroatoms. The van der Waals surface area contributed by atoms with Gasteiger partial charge in [-0.25, -0.2) is 4.98 Å². The highest BCUT2D eigenvalue weighted by molar-refractivity contribution is 6.21. The number of nitrogens with zero attached hydrogens (tertiary/aromatic N) is 12. The summed E-state index contributed by atoms with van der Waals surface area (Å²) in [5, 5.41) is 9.90. The van der Waals surface area contributed by atoms with E-state index in [1.54, 1.807) is 49.4 Å². The lowest BCUT2D eigenvalue weighted by Crippen LogP contribution is -2.36. The molecule has 12 heterocycles. The molecular formula is C107H110N22O10. The number of carbonyl (C=O) groups is 7. The van der Waals surface area contributed by atoms with E-state index in [-0.39, 0.29) is 86.3 Å². The number of hydrogen-bond donors (Lipinski definition) is 10. The third-order valence-electron chi connectivity index (χ3n) is 24.1. The lowest BCUT2D eigenvalue weighted by Gasteiger charge is -2.30. The molecule has 0 amide bonds. The van der Waals surface area contributed by atoms with Gasteiger partial charge in [0.15, 0.2) is 40.5 Å². The molecule has 12 aromatic rings. The van der Waals surface area contributed by atoms with Gasteiger partial charge in [-0.3, -0.25) is 78.5 Å². The van der Waals surface area contributed by atoms with Crippen LogP contribution in [0.2, 0.25) is 0 Å². The molecule has 32 nitrogen and oxygen atoms in total. The molecule has 1 atom stereocenters. The fraction of sp³-hybridized carbons (Fsp3) is 0.243. The van der Waals surface area contributed by atoms with Crippen LogP contribution in [0.25, 0.3) is 16.8 Å². The van der Waals surface area contributed by atoms with Crippen molar-refractivity contribution in [3.8, 4) is 28.3 Å². The van der Waals surface area contributed by atoms with E-state index in [0.29, 0.717) is 85.5 Å². The van der Waals surface area contributed by atoms with Gasteiger partial charge < -0.3 is 79.8 Å². The summed E-state index contributed by atoms with van der Waals surface area (Å²) in [7, 11) is 0. The van der Waals surface area contributed by atoms with Crippen LogP contribution in [0.15, 0.2) is 285 Å². The van der Waals surface area contributed by atoms with Crippen LogP contribution in [-0.4, -0.2) is 238 Å². The second-order valence-corrected chi connectivity index (χ2v) is 33.1. The van der Waals surface area contributed by atoms with Crippen molar-refractivity contribution in [1.29, 1.82) is 0 Å². The Labute approximate surface area is 804 Å². The fourth-order valence-corrected chi connectivity index (χ4v) is 16.8. The van der Waals surface area contributed by atoms with Crippen LogP contribution in [0.4, 0.5) is 28.4 Å². The summed E-state index contributed by atoms with van der Waals surface area (Å²) in [5.74, 6) is 2.10. The Morgan fingerprint density at radius 1 is 0.360 bits per heavy atom. The summed E-state index contributed by atoms with van der Waals surface area (Å²) in [6, 6.07) is 66.0. The van der Waals surface area contributed by atoms with Gasteiger partial charge in [-0.1, -0.05) is 97.9 Å². The Bertz CT molecular complexity index is 6740. The average Bonchev–Trinajstić information content (AvgIpc) is 1.77. The molecule has 2 saturated heterocycles. The first-order valence-electron chi connectivity index (χ1n) is 46.1. The van der Waals surface area contributed by atoms with Crippen LogP contribution in [0.5, 0.6) is 11.5 Å². The second-order valence-electron chi connectivity index (χ2n) is 33.1. The minimum Gasteiger partial charge on any atom is -0.456 e. The van der Waals surface area contributed by atoms with Gasteiger partial charge in [0.1, 0.15) is 57.3 Å². The van der Waals surface area contributed by atoms with Crippen molar-refractivity contribution >= 4 is 109 Å². The number of carbonyl (C=O) groups excluding carboxylic acids is 7. The van der Waals surface area contributed by atoms with E-state index < -0.39 is 0 Å². The Balaban J connectivity index is 0.000000123. The highest BCUT2D eigenvalue weighted by Crippen LogP contribution is 2.34. The van der Waals surface area contributed by atoms with E-state index >= 15 is 0 Å². The summed E-state index contributed by atoms with van der Waals surface area (Å²) in [5.41, 5.74) is 66.6. The van der Waals surface area contributed by atoms with Crippen molar-refractivity contribution in [1.82, 2.24) is 19.5 Å². The highest BCUT2D eigenvalue weighted by atomic mass is 16.5. The molecule has 21 rings (SSSR count). The number of hydrogen-bond acceptors (Lipinski definition) is 31. The van der Waals surface area contributed by atoms with Gasteiger partial charge >= 0.3 is 0 Å². The number of morpholine rings is 1. The molecule has 708 valence electrons. The largest absolute Gasteiger partial charge is 0.456 e. The number of fused-ring (bicyclic) bond motifs is 7. The van der Waals surface area contributed by atoms with Crippen LogP contribution < -0.4 is 65.7 Å². The molecule has 1 unspecified atom stereocenters. The maximum atomic E-state index is 12.1. The molecule has 9 aliphatic rings. The first-order chi connectivity index (χ1) is 67.9. The number of nitrogens with one attached hydrogen (secondary N) is 3. The number of anilines is 5. The molecule has 3 aromatic heterocycles. The summed E-state index contributed by atoms with van der Waals surface area (Å²) in [6.45, 7) is 12.5. The van der Waals surface area contributed by atoms with Gasteiger partial charge in [0.2, 0.25) is 0 Å². The third kappa shape index (κ3) is 24.5. The minimum atomic E-state index is 0.0108. The molecule has 0 saturated carbocycles. The predicted octanol–water partition coefficient (Wildman–Crippen LogP) is 11.4. The highest BCUT2D eigenvalue weighted by Gasteiger charge is 2.29. The quantitative estimate of drug-likeness (QED) is 0.0319. The van der Waals surface area contributed by atoms with Gasteiger partial charge in [-0.05, 0) is 145 Å². The molecule has 17 N–H and O–H groups in total. The number of aliphatic imine (C=N–C) groups is 7. The van der Waals surface area contributed by atoms with Gasteiger partial charge in [0.25, 0.3) is 0 Å². The number of imidazole rings is 1. The molecule has 139 heavy (non-hydrogen) atoms. The summed E-state index contributed by atoms with van der Waals surface area (Å²) in [4.78, 5) is 127. The number of para-hydroxylation sites is 1. The van der Waals surface area contributed by atoms with Crippen molar-refractivity contribution in [2.24, 2.45) is 75.1 Å². The van der Waals surface area contributed by atoms with E-state index in [9.17, 15) is 33.6 Å². The number of Topliss-reactive ketones (excluding diaryl/α,β-unsaturated/α-hetero) is 7. The van der Waals surface area contributed by atoms with Crippen LogP contribution in [0.1, 0.15) is 148 Å². The van der Waals surface area contributed by atoms with Crippen LogP contribution in [0, 0.1) is 0 Å². The Kier molecular flexibility index (Phi) is 33.7. The number of benzene rings is 9. The van der Waals surface area contributed by atoms with E-state index in [4.69, 9.17) is 54.3 Å². The SMILES string of the molecule is CCCNc1ccc2c(c1)C(=O)CN=C2CN.NCC1=NCC(=O)c2cc(NCc3ccccc3)ccc21.NCC1=NCC(=O)c2cc(Nc3ccccc3)ccc21.NCC1=NCC(=O)c2ccc(-c3cncc(Oc4ccncc4)c3)cc21.NCC1=NCC(=O)c2ccc(-n3ccnc3)cc21.NCC1=NCC(=O)c2ccc(C3CCOC3)cc21.NCC1=NCC(=O)c2ccc(N3CCOCC3)cc21. The Morgan fingerprint density at radius 3 is 1.29 bits per heavy atom. The lowest BCUT2D eigenvalue weighted by atomic mass is 9.90. The summed E-state index contributed by atoms with van der Waals surface area (Å²) >= 11 is 0. The third-order valence-corrected chi connectivity index (χ3v) is 24.1. The normalized spacial score (nSPS) is 15.6. The Hall–Kier alpha value is -15.5. The van der Waals surface area contributed by atoms with Crippen LogP contribution in [0.3, 0.4) is 0 Å². The van der Waals surface area contributed by atoms with Crippen molar-refractivity contribution in [3.63, 3.8) is 0 Å². The van der Waals surface area contributed by atoms with Crippen LogP contribution >= 0.6 is 0 Å². The average molecular weight is 1860 g/mol. The fourth-order valence-electron chi connectivity index (χ4n) is 16.8. The lowest BCUT2D eigenvalue weighted by molar-refractivity contribution is 0.0992. The first kappa shape index (κ1) is 98.0. The first-order valence-corrected chi connectivity index (χ1v) is 46.1. The Morgan fingerprint density at radius 2 is 0.799 bits per heavy atom. The molecule has 0 radical (unpaired) electrons. The predicted molar refractivity (Wildman–Crippen MR) is 547 cm³/mol. The number of aromatic nitrogens is 4. The molecule has 9 aromatic carbocycles. The van der Waals surface area contributed by atoms with Crippen LogP contribution in [-0.2, 0) is 16.0 Å². The second kappa shape index (κ2) is 47.8. The monoisotopic (exact) mass is 1860 g/mol. The zero-order chi connectivity index (χ0) is 97.1. The molecular weight excluding hydrogens is 1750 g/mol. The van der Waals surface area contributed by atoms with Gasteiger partial charge in [-0.2, -0.15) is 0 Å². The standard InChI is InChI=1S/C20H16N4O2.C17H17N3O.C16H15N3O.C14H17N3O2.C14H16N2O2.C13H12N4O.C13H17N3O/c21-9-19-18-8-13(1-2-17(18)20(25)12-24-19)14-7-16(11-23-10-14)26-15-3-5-22-6-4-15;18-9-16-14-7-6-13(8-15(14)17(21)11-20-16)19-10-12-4-2-1-3-5-12;17-9-15-13-7-6-12(8-14(13)16(20)10-18-15)19-11-4-2-1-3-5-11;15-8-13-12-7-10(17-3-5-19-6-4-17)1-2-11(12)14(18)9-16-13;15-6-13-12-5-9(10-3-4-18-8-10)1-2-11(12)14(17)7-16-13;14-6-12-11-5-9(17-4-3-15-8-17)1-2-10(11)13(18)7-16-12;1-2-5-15-9-3-4-10-11(6-9)13(17)8-16-12(10)7-14/h1-8,10-11H,9,12,21H2;1-8,19H,9-11,18H2;1-8,19H,9-10,17H2;1-2,7H,3-6,8-9,15H2;1-2,5,10H,3-4,6-8,15H2;1-5,8H,6-7,14H2;3-4,6,15H,2,5,7-8,14H2,1H3. The zero-order valence-corrected chi connectivity index (χ0v) is 77.2. The topological polar surface area (TPSA) is 499 Å². The molecule has 2 fully saturated rings. The van der Waals surface area contributed by atoms with Crippen molar-refractivity contribution < 1.29 is 47.8 Å². The molecule has 0 bridgehead atoms. The molecule has 9 aliphatic heterocycles. The number of ether oxygens (including phenoxy) is 3. The van der Waals surface area contributed by atoms with E-state index in [2.05, 4.69) is 95.9 Å². The molecule has 0 aliphatic carbocycles. The number of ketones is 7. The maximum Gasteiger partial charge on any atom is 0.184 e. The smallest absolute Gasteiger partial charge is 0.184 e. The van der Waals surface area contributed by atoms with Crippen molar-refractivity contribution in [2.75, 3.05) is 159 Å². The van der Waals surface area contributed by atoms with Gasteiger partial charge in [-0.15, -0.1) is 0 Å². The van der Waals surface area contributed by atoms with Gasteiger partial charge in [0, 0.05) is 233 Å². The molecule has 0 spiro atoms. The van der Waals surface area contributed by atoms with Crippen molar-refractivity contribution in [2.45, 2.75) is 32.2 Å². The number of pyridine rings is 2. The summed E-state index contributed by atoms with van der Waals surface area (Å²) in [6.07, 6.45) is 14.1. The van der Waals surface area contributed by atoms with Gasteiger partial charge in [0.05, 0.1) is 72.3 Å². The number of rotatable bonds is 21. The van der Waals surface area contributed by atoms with E-state index in [1.807, 2.05) is 187 Å². The minimum absolute atomic E-state index is 0.0108. The maximum absolute atomic E-state index is 12.1. The van der Waals surface area contributed by atoms with E-state index in [1.165, 1.54) is 11.1 Å². The van der Waals surface area contributed by atoms with E-state index in [0.717, 1.165) is 206 Å². The summed E-state index contributed by atoms with van der Waals surface area (Å²) < 4.78 is 18.5.